The van der Waals surface area contributed by atoms with Gasteiger partial charge in [-0.3, -0.25) is 0 Å². The molecule has 88 valence electrons. The van der Waals surface area contributed by atoms with Crippen molar-refractivity contribution in [3.05, 3.63) is 12.1 Å². The van der Waals surface area contributed by atoms with E-state index < -0.39 is 0 Å². The van der Waals surface area contributed by atoms with Crippen LogP contribution in [0.25, 0.3) is 0 Å². The van der Waals surface area contributed by atoms with Crippen LogP contribution in [0, 0.1) is 0 Å². The van der Waals surface area contributed by atoms with Gasteiger partial charge in [-0.25, -0.2) is 0 Å². The summed E-state index contributed by atoms with van der Waals surface area (Å²) in [5, 5.41) is 2.96. The van der Waals surface area contributed by atoms with Crippen LogP contribution in [0.2, 0.25) is 0 Å². The van der Waals surface area contributed by atoms with E-state index >= 15 is 0 Å². The Morgan fingerprint density at radius 3 is 2.00 bits per heavy atom. The van der Waals surface area contributed by atoms with Gasteiger partial charge in [0, 0.05) is 12.1 Å². The average molecular weight is 242 g/mol. The highest BCUT2D eigenvalue weighted by atomic mass is 32.1. The maximum Gasteiger partial charge on any atom is 0.168 e. The molecule has 0 aliphatic heterocycles. The Balaban J connectivity index is 3.20. The van der Waals surface area contributed by atoms with Crippen molar-refractivity contribution in [2.24, 2.45) is 5.73 Å². The molecule has 0 aliphatic rings. The third-order valence-electron chi connectivity index (χ3n) is 1.96. The normalized spacial score (nSPS) is 9.44. The molecule has 0 aliphatic carbocycles. The van der Waals surface area contributed by atoms with E-state index in [9.17, 15) is 0 Å². The molecule has 5 nitrogen and oxygen atoms in total. The van der Waals surface area contributed by atoms with Gasteiger partial charge in [0.15, 0.2) is 16.6 Å². The Hall–Kier alpha value is -1.69. The van der Waals surface area contributed by atoms with Crippen LogP contribution in [-0.2, 0) is 0 Å². The second-order valence-corrected chi connectivity index (χ2v) is 3.34. The second-order valence-electron chi connectivity index (χ2n) is 2.90. The van der Waals surface area contributed by atoms with Crippen LogP contribution in [-0.4, -0.2) is 26.4 Å². The lowest BCUT2D eigenvalue weighted by Crippen LogP contribution is -2.19. The minimum absolute atomic E-state index is 0.158. The SMILES string of the molecule is COc1cc(OC)c(OC)cc1NC(N)=S. The number of methoxy groups -OCH3 is 3. The molecule has 6 heteroatoms. The van der Waals surface area contributed by atoms with Gasteiger partial charge in [-0.05, 0) is 12.2 Å². The zero-order valence-electron chi connectivity index (χ0n) is 9.37. The van der Waals surface area contributed by atoms with Crippen LogP contribution in [0.15, 0.2) is 12.1 Å². The summed E-state index contributed by atoms with van der Waals surface area (Å²) in [6.07, 6.45) is 0. The summed E-state index contributed by atoms with van der Waals surface area (Å²) < 4.78 is 15.5. The molecule has 0 heterocycles. The predicted molar refractivity (Wildman–Crippen MR) is 66.5 cm³/mol. The molecule has 0 fully saturated rings. The van der Waals surface area contributed by atoms with Gasteiger partial charge in [0.25, 0.3) is 0 Å². The molecule has 0 atom stereocenters. The molecule has 0 saturated heterocycles. The zero-order valence-corrected chi connectivity index (χ0v) is 10.2. The molecule has 1 aromatic carbocycles. The fourth-order valence-electron chi connectivity index (χ4n) is 1.26. The number of hydrogen-bond acceptors (Lipinski definition) is 4. The molecule has 0 spiro atoms. The third kappa shape index (κ3) is 2.66. The van der Waals surface area contributed by atoms with Crippen molar-refractivity contribution >= 4 is 23.0 Å². The Labute approximate surface area is 99.5 Å². The van der Waals surface area contributed by atoms with Crippen molar-refractivity contribution in [3.63, 3.8) is 0 Å². The monoisotopic (exact) mass is 242 g/mol. The first-order chi connectivity index (χ1) is 7.62. The maximum absolute atomic E-state index is 5.40. The first kappa shape index (κ1) is 12.4. The Bertz CT molecular complexity index is 396. The number of nitrogens with one attached hydrogen (secondary N) is 1. The van der Waals surface area contributed by atoms with Gasteiger partial charge in [0.05, 0.1) is 27.0 Å². The van der Waals surface area contributed by atoms with E-state index in [0.29, 0.717) is 22.9 Å². The van der Waals surface area contributed by atoms with Crippen molar-refractivity contribution in [2.75, 3.05) is 26.6 Å². The van der Waals surface area contributed by atoms with Crippen molar-refractivity contribution in [3.8, 4) is 17.2 Å². The topological polar surface area (TPSA) is 65.7 Å². The van der Waals surface area contributed by atoms with Gasteiger partial charge in [-0.15, -0.1) is 0 Å². The van der Waals surface area contributed by atoms with E-state index in [1.807, 2.05) is 0 Å². The van der Waals surface area contributed by atoms with Crippen molar-refractivity contribution in [1.82, 2.24) is 0 Å². The quantitative estimate of drug-likeness (QED) is 0.777. The molecule has 16 heavy (non-hydrogen) atoms. The first-order valence-corrected chi connectivity index (χ1v) is 4.89. The smallest absolute Gasteiger partial charge is 0.168 e. The van der Waals surface area contributed by atoms with Gasteiger partial charge in [0.1, 0.15) is 5.75 Å². The number of nitrogens with two attached hydrogens (primary N) is 1. The minimum atomic E-state index is 0.158. The van der Waals surface area contributed by atoms with Gasteiger partial charge in [-0.1, -0.05) is 0 Å². The fourth-order valence-corrected chi connectivity index (χ4v) is 1.37. The Morgan fingerprint density at radius 2 is 1.56 bits per heavy atom. The van der Waals surface area contributed by atoms with Crippen molar-refractivity contribution in [1.29, 1.82) is 0 Å². The summed E-state index contributed by atoms with van der Waals surface area (Å²) in [5.41, 5.74) is 6.03. The third-order valence-corrected chi connectivity index (χ3v) is 2.07. The molecule has 0 amide bonds. The van der Waals surface area contributed by atoms with Gasteiger partial charge in [0.2, 0.25) is 0 Å². The van der Waals surface area contributed by atoms with Crippen molar-refractivity contribution in [2.45, 2.75) is 0 Å². The molecule has 0 bridgehead atoms. The molecule has 0 saturated carbocycles. The van der Waals surface area contributed by atoms with Crippen molar-refractivity contribution < 1.29 is 14.2 Å². The lowest BCUT2D eigenvalue weighted by molar-refractivity contribution is 0.349. The number of thiocarbonyl (C=S) groups is 1. The molecule has 3 N–H and O–H groups in total. The lowest BCUT2D eigenvalue weighted by Gasteiger charge is -2.14. The first-order valence-electron chi connectivity index (χ1n) is 4.48. The highest BCUT2D eigenvalue weighted by molar-refractivity contribution is 7.80. The van der Waals surface area contributed by atoms with E-state index in [-0.39, 0.29) is 5.11 Å². The second kappa shape index (κ2) is 5.41. The van der Waals surface area contributed by atoms with E-state index in [1.165, 1.54) is 0 Å². The molecule has 1 aromatic rings. The van der Waals surface area contributed by atoms with Gasteiger partial charge < -0.3 is 25.3 Å². The standard InChI is InChI=1S/C10H14N2O3S/c1-13-7-5-9(15-3)8(14-2)4-6(7)12-10(11)16/h4-5H,1-3H3,(H3,11,12,16). The van der Waals surface area contributed by atoms with Gasteiger partial charge in [-0.2, -0.15) is 0 Å². The van der Waals surface area contributed by atoms with Crippen LogP contribution in [0.5, 0.6) is 17.2 Å². The summed E-state index contributed by atoms with van der Waals surface area (Å²) in [6.45, 7) is 0. The summed E-state index contributed by atoms with van der Waals surface area (Å²) in [7, 11) is 4.65. The number of benzene rings is 1. The molecule has 1 rings (SSSR count). The molecular formula is C10H14N2O3S. The average Bonchev–Trinajstić information content (AvgIpc) is 2.27. The van der Waals surface area contributed by atoms with Crippen LogP contribution in [0.1, 0.15) is 0 Å². The number of hydrogen-bond donors (Lipinski definition) is 2. The minimum Gasteiger partial charge on any atom is -0.494 e. The predicted octanol–water partition coefficient (Wildman–Crippen LogP) is 1.37. The fraction of sp³-hybridized carbons (Fsp3) is 0.300. The lowest BCUT2D eigenvalue weighted by atomic mass is 10.2. The summed E-state index contributed by atoms with van der Waals surface area (Å²) >= 11 is 4.76. The molecule has 0 unspecified atom stereocenters. The highest BCUT2D eigenvalue weighted by Gasteiger charge is 2.11. The van der Waals surface area contributed by atoms with E-state index in [1.54, 1.807) is 33.5 Å². The molecule has 0 radical (unpaired) electrons. The summed E-state index contributed by atoms with van der Waals surface area (Å²) in [6, 6.07) is 3.40. The van der Waals surface area contributed by atoms with Crippen LogP contribution >= 0.6 is 12.2 Å². The molecule has 0 aromatic heterocycles. The largest absolute Gasteiger partial charge is 0.494 e. The number of ether oxygens (including phenoxy) is 3. The molecular weight excluding hydrogens is 228 g/mol. The van der Waals surface area contributed by atoms with E-state index in [0.717, 1.165) is 0 Å². The van der Waals surface area contributed by atoms with Crippen LogP contribution < -0.4 is 25.3 Å². The highest BCUT2D eigenvalue weighted by Crippen LogP contribution is 2.37. The summed E-state index contributed by atoms with van der Waals surface area (Å²) in [5.74, 6) is 1.72. The number of rotatable bonds is 4. The van der Waals surface area contributed by atoms with Crippen LogP contribution in [0.4, 0.5) is 5.69 Å². The van der Waals surface area contributed by atoms with E-state index in [4.69, 9.17) is 32.2 Å². The van der Waals surface area contributed by atoms with E-state index in [2.05, 4.69) is 5.32 Å². The summed E-state index contributed by atoms with van der Waals surface area (Å²) in [4.78, 5) is 0. The maximum atomic E-state index is 5.40. The van der Waals surface area contributed by atoms with Gasteiger partial charge >= 0.3 is 0 Å². The zero-order chi connectivity index (χ0) is 12.1. The number of anilines is 1. The Kier molecular flexibility index (Phi) is 4.19. The Morgan fingerprint density at radius 1 is 1.06 bits per heavy atom. The van der Waals surface area contributed by atoms with Crippen LogP contribution in [0.3, 0.4) is 0 Å².